The molecule has 0 aromatic heterocycles. The minimum atomic E-state index is 0.528. The molecule has 0 aliphatic heterocycles. The predicted octanol–water partition coefficient (Wildman–Crippen LogP) is 2.58. The van der Waals surface area contributed by atoms with Gasteiger partial charge in [0.2, 0.25) is 0 Å². The summed E-state index contributed by atoms with van der Waals surface area (Å²) < 4.78 is 5.31. The largest absolute Gasteiger partial charge is 0.381 e. The third-order valence-electron chi connectivity index (χ3n) is 4.31. The highest BCUT2D eigenvalue weighted by atomic mass is 16.5. The molecule has 2 fully saturated rings. The average Bonchev–Trinajstić information content (AvgIpc) is 2.13. The summed E-state index contributed by atoms with van der Waals surface area (Å²) in [5.41, 5.74) is 0. The zero-order chi connectivity index (χ0) is 10.8. The molecule has 0 aromatic rings. The van der Waals surface area contributed by atoms with Gasteiger partial charge >= 0.3 is 0 Å². The fraction of sp³-hybridized carbons (Fsp3) is 1.00. The highest BCUT2D eigenvalue weighted by Crippen LogP contribution is 2.31. The minimum Gasteiger partial charge on any atom is -0.381 e. The van der Waals surface area contributed by atoms with Gasteiger partial charge in [0.15, 0.2) is 0 Å². The van der Waals surface area contributed by atoms with E-state index in [9.17, 15) is 0 Å². The summed E-state index contributed by atoms with van der Waals surface area (Å²) in [7, 11) is 1.83. The van der Waals surface area contributed by atoms with Gasteiger partial charge < -0.3 is 10.1 Å². The summed E-state index contributed by atoms with van der Waals surface area (Å²) in [5.74, 6) is 1.79. The van der Waals surface area contributed by atoms with E-state index in [0.29, 0.717) is 6.10 Å². The standard InChI is InChI=1S/C13H25NO/c1-9-4-5-13(10(2)6-9)14-11-7-12(8-11)15-3/h9-14H,4-8H2,1-3H3. The van der Waals surface area contributed by atoms with Crippen molar-refractivity contribution in [3.8, 4) is 0 Å². The number of hydrogen-bond acceptors (Lipinski definition) is 2. The average molecular weight is 211 g/mol. The lowest BCUT2D eigenvalue weighted by molar-refractivity contribution is 0.00938. The lowest BCUT2D eigenvalue weighted by atomic mass is 9.78. The summed E-state index contributed by atoms with van der Waals surface area (Å²) >= 11 is 0. The SMILES string of the molecule is COC1CC(NC2CCC(C)CC2C)C1. The molecule has 88 valence electrons. The molecule has 2 nitrogen and oxygen atoms in total. The molecule has 0 aromatic carbocycles. The third kappa shape index (κ3) is 2.73. The van der Waals surface area contributed by atoms with E-state index in [1.807, 2.05) is 7.11 Å². The van der Waals surface area contributed by atoms with Crippen LogP contribution in [0, 0.1) is 11.8 Å². The van der Waals surface area contributed by atoms with Crippen LogP contribution in [0.2, 0.25) is 0 Å². The van der Waals surface area contributed by atoms with Crippen molar-refractivity contribution in [2.75, 3.05) is 7.11 Å². The van der Waals surface area contributed by atoms with E-state index in [-0.39, 0.29) is 0 Å². The summed E-state index contributed by atoms with van der Waals surface area (Å²) in [6, 6.07) is 1.50. The summed E-state index contributed by atoms with van der Waals surface area (Å²) in [4.78, 5) is 0. The summed E-state index contributed by atoms with van der Waals surface area (Å²) in [5, 5.41) is 3.81. The van der Waals surface area contributed by atoms with E-state index in [0.717, 1.165) is 23.9 Å². The maximum Gasteiger partial charge on any atom is 0.0601 e. The molecule has 2 saturated carbocycles. The van der Waals surface area contributed by atoms with Gasteiger partial charge in [-0.3, -0.25) is 0 Å². The van der Waals surface area contributed by atoms with E-state index in [4.69, 9.17) is 4.74 Å². The fourth-order valence-corrected chi connectivity index (χ4v) is 3.11. The van der Waals surface area contributed by atoms with Crippen LogP contribution in [0.1, 0.15) is 46.0 Å². The van der Waals surface area contributed by atoms with Crippen LogP contribution in [-0.4, -0.2) is 25.3 Å². The molecule has 0 spiro atoms. The Kier molecular flexibility index (Phi) is 3.68. The van der Waals surface area contributed by atoms with Gasteiger partial charge in [-0.05, 0) is 43.9 Å². The molecule has 3 atom stereocenters. The lowest BCUT2D eigenvalue weighted by Crippen LogP contribution is -2.52. The molecule has 0 radical (unpaired) electrons. The van der Waals surface area contributed by atoms with Crippen molar-refractivity contribution in [2.24, 2.45) is 11.8 Å². The Hall–Kier alpha value is -0.0800. The topological polar surface area (TPSA) is 21.3 Å². The van der Waals surface area contributed by atoms with E-state index in [2.05, 4.69) is 19.2 Å². The van der Waals surface area contributed by atoms with Gasteiger partial charge in [-0.25, -0.2) is 0 Å². The van der Waals surface area contributed by atoms with E-state index in [1.165, 1.54) is 32.1 Å². The zero-order valence-electron chi connectivity index (χ0n) is 10.3. The van der Waals surface area contributed by atoms with Crippen LogP contribution in [0.5, 0.6) is 0 Å². The van der Waals surface area contributed by atoms with Gasteiger partial charge in [0, 0.05) is 19.2 Å². The molecule has 0 heterocycles. The van der Waals surface area contributed by atoms with Crippen molar-refractivity contribution in [3.05, 3.63) is 0 Å². The maximum atomic E-state index is 5.31. The first kappa shape index (κ1) is 11.4. The van der Waals surface area contributed by atoms with Crippen molar-refractivity contribution in [1.29, 1.82) is 0 Å². The highest BCUT2D eigenvalue weighted by Gasteiger charge is 2.33. The minimum absolute atomic E-state index is 0.528. The molecular formula is C13H25NO. The summed E-state index contributed by atoms with van der Waals surface area (Å²) in [6.07, 6.45) is 7.14. The lowest BCUT2D eigenvalue weighted by Gasteiger charge is -2.41. The smallest absolute Gasteiger partial charge is 0.0601 e. The molecule has 3 unspecified atom stereocenters. The second kappa shape index (κ2) is 4.84. The van der Waals surface area contributed by atoms with Crippen LogP contribution in [-0.2, 0) is 4.74 Å². The van der Waals surface area contributed by atoms with Crippen molar-refractivity contribution < 1.29 is 4.74 Å². The predicted molar refractivity (Wildman–Crippen MR) is 62.9 cm³/mol. The molecule has 1 N–H and O–H groups in total. The Morgan fingerprint density at radius 1 is 1.07 bits per heavy atom. The molecule has 0 bridgehead atoms. The quantitative estimate of drug-likeness (QED) is 0.774. The van der Waals surface area contributed by atoms with Crippen molar-refractivity contribution in [3.63, 3.8) is 0 Å². The molecule has 2 rings (SSSR count). The third-order valence-corrected chi connectivity index (χ3v) is 4.31. The second-order valence-electron chi connectivity index (χ2n) is 5.69. The van der Waals surface area contributed by atoms with Gasteiger partial charge in [-0.2, -0.15) is 0 Å². The first-order valence-corrected chi connectivity index (χ1v) is 6.48. The van der Waals surface area contributed by atoms with Gasteiger partial charge in [-0.15, -0.1) is 0 Å². The number of rotatable bonds is 3. The van der Waals surface area contributed by atoms with E-state index >= 15 is 0 Å². The van der Waals surface area contributed by atoms with Crippen LogP contribution < -0.4 is 5.32 Å². The van der Waals surface area contributed by atoms with Gasteiger partial charge in [0.25, 0.3) is 0 Å². The number of methoxy groups -OCH3 is 1. The zero-order valence-corrected chi connectivity index (χ0v) is 10.3. The second-order valence-corrected chi connectivity index (χ2v) is 5.69. The monoisotopic (exact) mass is 211 g/mol. The Morgan fingerprint density at radius 2 is 1.80 bits per heavy atom. The maximum absolute atomic E-state index is 5.31. The van der Waals surface area contributed by atoms with Crippen LogP contribution in [0.25, 0.3) is 0 Å². The molecule has 2 aliphatic carbocycles. The fourth-order valence-electron chi connectivity index (χ4n) is 3.11. The number of ether oxygens (including phenoxy) is 1. The molecule has 0 amide bonds. The number of nitrogens with one attached hydrogen (secondary N) is 1. The van der Waals surface area contributed by atoms with Crippen molar-refractivity contribution in [1.82, 2.24) is 5.32 Å². The van der Waals surface area contributed by atoms with Crippen LogP contribution in [0.4, 0.5) is 0 Å². The normalized spacial score (nSPS) is 46.2. The molecule has 2 heteroatoms. The molecular weight excluding hydrogens is 186 g/mol. The van der Waals surface area contributed by atoms with Crippen molar-refractivity contribution >= 4 is 0 Å². The Labute approximate surface area is 93.8 Å². The number of hydrogen-bond donors (Lipinski definition) is 1. The van der Waals surface area contributed by atoms with E-state index < -0.39 is 0 Å². The van der Waals surface area contributed by atoms with Crippen LogP contribution in [0.3, 0.4) is 0 Å². The Bertz CT molecular complexity index is 201. The van der Waals surface area contributed by atoms with Crippen LogP contribution >= 0.6 is 0 Å². The van der Waals surface area contributed by atoms with Crippen LogP contribution in [0.15, 0.2) is 0 Å². The first-order valence-electron chi connectivity index (χ1n) is 6.48. The van der Waals surface area contributed by atoms with Crippen molar-refractivity contribution in [2.45, 2.75) is 64.1 Å². The molecule has 2 aliphatic rings. The highest BCUT2D eigenvalue weighted by molar-refractivity contribution is 4.91. The Morgan fingerprint density at radius 3 is 2.40 bits per heavy atom. The van der Waals surface area contributed by atoms with Gasteiger partial charge in [0.05, 0.1) is 6.10 Å². The van der Waals surface area contributed by atoms with E-state index in [1.54, 1.807) is 0 Å². The molecule has 15 heavy (non-hydrogen) atoms. The van der Waals surface area contributed by atoms with Gasteiger partial charge in [0.1, 0.15) is 0 Å². The molecule has 0 saturated heterocycles. The van der Waals surface area contributed by atoms with Gasteiger partial charge in [-0.1, -0.05) is 13.8 Å². The Balaban J connectivity index is 1.71. The first-order chi connectivity index (χ1) is 7.19. The summed E-state index contributed by atoms with van der Waals surface area (Å²) in [6.45, 7) is 4.79.